The maximum absolute atomic E-state index is 12.8. The first-order valence-electron chi connectivity index (χ1n) is 10.5. The number of hydrogen-bond donors (Lipinski definition) is 0. The van der Waals surface area contributed by atoms with Crippen molar-refractivity contribution >= 4 is 57.9 Å². The lowest BCUT2D eigenvalue weighted by molar-refractivity contribution is -0.143. The summed E-state index contributed by atoms with van der Waals surface area (Å²) >= 11 is 12.5. The summed E-state index contributed by atoms with van der Waals surface area (Å²) in [5, 5.41) is 0.671. The largest absolute Gasteiger partial charge is 0.490 e. The summed E-state index contributed by atoms with van der Waals surface area (Å²) in [6.45, 7) is 4.97. The van der Waals surface area contributed by atoms with Crippen LogP contribution < -0.4 is 9.47 Å². The molecule has 0 unspecified atom stereocenters. The molecule has 1 saturated heterocycles. The lowest BCUT2D eigenvalue weighted by Gasteiger charge is -2.14. The van der Waals surface area contributed by atoms with E-state index < -0.39 is 0 Å². The van der Waals surface area contributed by atoms with Crippen molar-refractivity contribution in [2.24, 2.45) is 0 Å². The van der Waals surface area contributed by atoms with Gasteiger partial charge in [0.2, 0.25) is 0 Å². The number of nitrogens with zero attached hydrogens (tertiary/aromatic N) is 1. The molecule has 1 aliphatic rings. The van der Waals surface area contributed by atoms with Crippen LogP contribution in [-0.4, -0.2) is 40.9 Å². The van der Waals surface area contributed by atoms with E-state index in [2.05, 4.69) is 0 Å². The molecule has 1 fully saturated rings. The summed E-state index contributed by atoms with van der Waals surface area (Å²) in [4.78, 5) is 26.3. The van der Waals surface area contributed by atoms with Gasteiger partial charge in [0.15, 0.2) is 11.5 Å². The van der Waals surface area contributed by atoms with Gasteiger partial charge in [0.05, 0.1) is 24.5 Å². The lowest BCUT2D eigenvalue weighted by atomic mass is 10.1. The third kappa shape index (κ3) is 6.96. The predicted molar refractivity (Wildman–Crippen MR) is 135 cm³/mol. The maximum Gasteiger partial charge on any atom is 0.307 e. The van der Waals surface area contributed by atoms with Crippen molar-refractivity contribution in [3.05, 3.63) is 63.5 Å². The van der Waals surface area contributed by atoms with E-state index in [9.17, 15) is 9.59 Å². The van der Waals surface area contributed by atoms with Crippen molar-refractivity contribution in [2.45, 2.75) is 26.9 Å². The topological polar surface area (TPSA) is 65.1 Å². The fourth-order valence-corrected chi connectivity index (χ4v) is 4.46. The average Bonchev–Trinajstić information content (AvgIpc) is 3.05. The van der Waals surface area contributed by atoms with Crippen LogP contribution in [0.4, 0.5) is 0 Å². The van der Waals surface area contributed by atoms with Crippen LogP contribution in [0.2, 0.25) is 5.02 Å². The van der Waals surface area contributed by atoms with Crippen molar-refractivity contribution in [2.75, 3.05) is 19.8 Å². The molecule has 0 N–H and O–H groups in total. The standard InChI is InChI=1S/C24H24ClNO5S2/c1-3-29-20-13-17(7-10-19(20)31-15-16-5-8-18(25)9-6-16)14-21-23(28)26(24(32)33-21)12-11-22(27)30-4-2/h5-10,13-14H,3-4,11-12,15H2,1-2H3/b21-14-. The quantitative estimate of drug-likeness (QED) is 0.241. The molecule has 0 atom stereocenters. The fourth-order valence-electron chi connectivity index (χ4n) is 3.02. The van der Waals surface area contributed by atoms with Crippen LogP contribution in [0.5, 0.6) is 11.5 Å². The Bertz CT molecular complexity index is 1060. The van der Waals surface area contributed by atoms with E-state index in [0.717, 1.165) is 11.1 Å². The van der Waals surface area contributed by atoms with E-state index in [1.807, 2.05) is 49.4 Å². The van der Waals surface area contributed by atoms with E-state index in [0.29, 0.717) is 45.6 Å². The smallest absolute Gasteiger partial charge is 0.307 e. The molecular weight excluding hydrogens is 482 g/mol. The summed E-state index contributed by atoms with van der Waals surface area (Å²) in [6.07, 6.45) is 1.86. The van der Waals surface area contributed by atoms with Crippen molar-refractivity contribution < 1.29 is 23.8 Å². The van der Waals surface area contributed by atoms with Crippen molar-refractivity contribution in [3.63, 3.8) is 0 Å². The third-order valence-corrected chi connectivity index (χ3v) is 6.22. The SMILES string of the molecule is CCOC(=O)CCN1C(=O)/C(=C/c2ccc(OCc3ccc(Cl)cc3)c(OCC)c2)SC1=S. The number of halogens is 1. The van der Waals surface area contributed by atoms with E-state index in [4.69, 9.17) is 38.0 Å². The molecule has 1 heterocycles. The number of thiocarbonyl (C=S) groups is 1. The molecule has 33 heavy (non-hydrogen) atoms. The molecule has 174 valence electrons. The molecule has 1 amide bonds. The van der Waals surface area contributed by atoms with Gasteiger partial charge >= 0.3 is 5.97 Å². The highest BCUT2D eigenvalue weighted by Gasteiger charge is 2.32. The van der Waals surface area contributed by atoms with Gasteiger partial charge in [-0.3, -0.25) is 14.5 Å². The summed E-state index contributed by atoms with van der Waals surface area (Å²) < 4.78 is 17.0. The van der Waals surface area contributed by atoms with Crippen molar-refractivity contribution in [1.29, 1.82) is 0 Å². The zero-order valence-corrected chi connectivity index (χ0v) is 20.7. The van der Waals surface area contributed by atoms with E-state index in [1.54, 1.807) is 13.0 Å². The molecule has 0 spiro atoms. The molecule has 0 aliphatic carbocycles. The monoisotopic (exact) mass is 505 g/mol. The molecule has 3 rings (SSSR count). The van der Waals surface area contributed by atoms with E-state index in [-0.39, 0.29) is 24.8 Å². The van der Waals surface area contributed by atoms with Gasteiger partial charge in [0.1, 0.15) is 10.9 Å². The van der Waals surface area contributed by atoms with E-state index in [1.165, 1.54) is 16.7 Å². The number of amides is 1. The number of carbonyl (C=O) groups excluding carboxylic acids is 2. The molecule has 1 aliphatic heterocycles. The molecule has 0 saturated carbocycles. The normalized spacial score (nSPS) is 14.6. The van der Waals surface area contributed by atoms with Gasteiger partial charge in [-0.1, -0.05) is 53.8 Å². The average molecular weight is 506 g/mol. The van der Waals surface area contributed by atoms with Gasteiger partial charge in [-0.2, -0.15) is 0 Å². The Labute approximate surface area is 207 Å². The zero-order valence-electron chi connectivity index (χ0n) is 18.3. The number of esters is 1. The van der Waals surface area contributed by atoms with Gasteiger partial charge in [0, 0.05) is 11.6 Å². The molecule has 2 aromatic carbocycles. The van der Waals surface area contributed by atoms with Gasteiger partial charge < -0.3 is 14.2 Å². The highest BCUT2D eigenvalue weighted by atomic mass is 35.5. The van der Waals surface area contributed by atoms with Gasteiger partial charge in [-0.25, -0.2) is 0 Å². The highest BCUT2D eigenvalue weighted by molar-refractivity contribution is 8.26. The van der Waals surface area contributed by atoms with Crippen LogP contribution in [0.3, 0.4) is 0 Å². The Morgan fingerprint density at radius 1 is 1.09 bits per heavy atom. The van der Waals surface area contributed by atoms with Crippen LogP contribution in [-0.2, 0) is 20.9 Å². The molecular formula is C24H24ClNO5S2. The Morgan fingerprint density at radius 2 is 1.85 bits per heavy atom. The number of rotatable bonds is 10. The first-order valence-corrected chi connectivity index (χ1v) is 12.1. The second-order valence-electron chi connectivity index (χ2n) is 6.94. The van der Waals surface area contributed by atoms with Crippen LogP contribution >= 0.6 is 35.6 Å². The third-order valence-electron chi connectivity index (χ3n) is 4.59. The maximum atomic E-state index is 12.8. The molecule has 0 aromatic heterocycles. The highest BCUT2D eigenvalue weighted by Crippen LogP contribution is 2.35. The Morgan fingerprint density at radius 3 is 2.55 bits per heavy atom. The van der Waals surface area contributed by atoms with Gasteiger partial charge in [-0.15, -0.1) is 0 Å². The minimum absolute atomic E-state index is 0.0989. The number of thioether (sulfide) groups is 1. The summed E-state index contributed by atoms with van der Waals surface area (Å²) in [6, 6.07) is 12.9. The molecule has 2 aromatic rings. The Kier molecular flexibility index (Phi) is 9.17. The number of benzene rings is 2. The Balaban J connectivity index is 1.71. The number of hydrogen-bond acceptors (Lipinski definition) is 7. The van der Waals surface area contributed by atoms with E-state index >= 15 is 0 Å². The second kappa shape index (κ2) is 12.1. The minimum Gasteiger partial charge on any atom is -0.490 e. The molecule has 6 nitrogen and oxygen atoms in total. The summed E-state index contributed by atoms with van der Waals surface area (Å²) in [5.41, 5.74) is 1.76. The van der Waals surface area contributed by atoms with Crippen LogP contribution in [0.25, 0.3) is 6.08 Å². The van der Waals surface area contributed by atoms with Crippen LogP contribution in [0, 0.1) is 0 Å². The predicted octanol–water partition coefficient (Wildman–Crippen LogP) is 5.47. The second-order valence-corrected chi connectivity index (χ2v) is 9.05. The Hall–Kier alpha value is -2.55. The van der Waals surface area contributed by atoms with Crippen molar-refractivity contribution in [3.8, 4) is 11.5 Å². The first kappa shape index (κ1) is 25.1. The molecule has 0 radical (unpaired) electrons. The van der Waals surface area contributed by atoms with Gasteiger partial charge in [-0.05, 0) is 55.3 Å². The minimum atomic E-state index is -0.355. The van der Waals surface area contributed by atoms with Gasteiger partial charge in [0.25, 0.3) is 5.91 Å². The number of carbonyl (C=O) groups is 2. The fraction of sp³-hybridized carbons (Fsp3) is 0.292. The van der Waals surface area contributed by atoms with Crippen LogP contribution in [0.1, 0.15) is 31.4 Å². The summed E-state index contributed by atoms with van der Waals surface area (Å²) in [5.74, 6) is 0.602. The summed E-state index contributed by atoms with van der Waals surface area (Å²) in [7, 11) is 0. The van der Waals surface area contributed by atoms with Crippen molar-refractivity contribution in [1.82, 2.24) is 4.90 Å². The zero-order chi connectivity index (χ0) is 23.8. The lowest BCUT2D eigenvalue weighted by Crippen LogP contribution is -2.30. The first-order chi connectivity index (χ1) is 15.9. The molecule has 9 heteroatoms. The molecule has 0 bridgehead atoms. The van der Waals surface area contributed by atoms with Crippen LogP contribution in [0.15, 0.2) is 47.4 Å². The number of ether oxygens (including phenoxy) is 3.